The van der Waals surface area contributed by atoms with Crippen LogP contribution in [-0.4, -0.2) is 52.5 Å². The number of benzene rings is 1. The van der Waals surface area contributed by atoms with Crippen LogP contribution in [0.25, 0.3) is 0 Å². The second-order valence-electron chi connectivity index (χ2n) is 8.64. The number of hydrogen-bond acceptors (Lipinski definition) is 4. The molecule has 1 aromatic heterocycles. The second kappa shape index (κ2) is 10.1. The lowest BCUT2D eigenvalue weighted by Crippen LogP contribution is -2.48. The molecule has 1 aromatic carbocycles. The van der Waals surface area contributed by atoms with Gasteiger partial charge in [0.05, 0.1) is 38.1 Å². The Bertz CT molecular complexity index is 840. The van der Waals surface area contributed by atoms with Crippen LogP contribution in [0.5, 0.6) is 0 Å². The maximum atomic E-state index is 5.98. The quantitative estimate of drug-likeness (QED) is 0.582. The third-order valence-corrected chi connectivity index (χ3v) is 4.87. The summed E-state index contributed by atoms with van der Waals surface area (Å²) in [5.41, 5.74) is 3.31. The van der Waals surface area contributed by atoms with Crippen LogP contribution >= 0.6 is 0 Å². The van der Waals surface area contributed by atoms with Crippen LogP contribution in [-0.2, 0) is 29.7 Å². The van der Waals surface area contributed by atoms with Crippen molar-refractivity contribution in [3.8, 4) is 0 Å². The van der Waals surface area contributed by atoms with Crippen LogP contribution in [0.4, 0.5) is 0 Å². The first-order valence-corrected chi connectivity index (χ1v) is 10.7. The minimum Gasteiger partial charge on any atom is -0.371 e. The molecule has 1 aliphatic rings. The summed E-state index contributed by atoms with van der Waals surface area (Å²) >= 11 is 0. The normalized spacial score (nSPS) is 18.0. The van der Waals surface area contributed by atoms with Gasteiger partial charge >= 0.3 is 0 Å². The predicted molar refractivity (Wildman–Crippen MR) is 119 cm³/mol. The number of guanidine groups is 1. The maximum absolute atomic E-state index is 5.98. The Kier molecular flexibility index (Phi) is 7.50. The van der Waals surface area contributed by atoms with Crippen molar-refractivity contribution in [3.05, 3.63) is 53.3 Å². The fraction of sp³-hybridized carbons (Fsp3) is 0.565. The van der Waals surface area contributed by atoms with Crippen LogP contribution < -0.4 is 5.32 Å². The van der Waals surface area contributed by atoms with E-state index < -0.39 is 0 Å². The van der Waals surface area contributed by atoms with E-state index in [0.29, 0.717) is 19.8 Å². The molecule has 1 aliphatic heterocycles. The molecule has 164 valence electrons. The van der Waals surface area contributed by atoms with Crippen molar-refractivity contribution in [1.29, 1.82) is 0 Å². The number of hydrogen-bond donors (Lipinski definition) is 1. The highest BCUT2D eigenvalue weighted by atomic mass is 16.5. The molecule has 2 heterocycles. The highest BCUT2D eigenvalue weighted by molar-refractivity contribution is 5.80. The Morgan fingerprint density at radius 2 is 2.13 bits per heavy atom. The molecular formula is C23H35N5O2. The molecule has 0 spiro atoms. The standard InChI is InChI=1S/C23H35N5O2/c1-6-24-22(28-10-11-29-21(16-28)20-14-26-27(5)15-20)25-13-18-8-7-9-19(12-18)17-30-23(2,3)4/h7-9,12,14-15,21H,6,10-11,13,16-17H2,1-5H3,(H,24,25). The molecule has 0 aliphatic carbocycles. The summed E-state index contributed by atoms with van der Waals surface area (Å²) < 4.78 is 13.7. The Morgan fingerprint density at radius 1 is 1.33 bits per heavy atom. The van der Waals surface area contributed by atoms with Gasteiger partial charge in [-0.1, -0.05) is 24.3 Å². The highest BCUT2D eigenvalue weighted by Crippen LogP contribution is 2.22. The Hall–Kier alpha value is -2.38. The van der Waals surface area contributed by atoms with Crippen molar-refractivity contribution in [1.82, 2.24) is 20.0 Å². The predicted octanol–water partition coefficient (Wildman–Crippen LogP) is 3.27. The SMILES string of the molecule is CCNC(=NCc1cccc(COC(C)(C)C)c1)N1CCOC(c2cnn(C)c2)C1. The molecule has 0 amide bonds. The van der Waals surface area contributed by atoms with Gasteiger partial charge in [0.25, 0.3) is 0 Å². The van der Waals surface area contributed by atoms with E-state index >= 15 is 0 Å². The van der Waals surface area contributed by atoms with E-state index in [9.17, 15) is 0 Å². The van der Waals surface area contributed by atoms with Gasteiger partial charge in [0, 0.05) is 31.9 Å². The lowest BCUT2D eigenvalue weighted by atomic mass is 10.1. The highest BCUT2D eigenvalue weighted by Gasteiger charge is 2.25. The van der Waals surface area contributed by atoms with Crippen molar-refractivity contribution in [2.45, 2.75) is 52.6 Å². The number of morpholine rings is 1. The first-order valence-electron chi connectivity index (χ1n) is 10.7. The van der Waals surface area contributed by atoms with Crippen molar-refractivity contribution in [3.63, 3.8) is 0 Å². The minimum absolute atomic E-state index is 0.00850. The van der Waals surface area contributed by atoms with Gasteiger partial charge < -0.3 is 19.7 Å². The smallest absolute Gasteiger partial charge is 0.194 e. The van der Waals surface area contributed by atoms with Crippen LogP contribution in [0, 0.1) is 0 Å². The van der Waals surface area contributed by atoms with E-state index in [1.165, 1.54) is 11.1 Å². The molecule has 0 radical (unpaired) electrons. The number of aromatic nitrogens is 2. The van der Waals surface area contributed by atoms with E-state index in [1.54, 1.807) is 0 Å². The van der Waals surface area contributed by atoms with E-state index in [4.69, 9.17) is 14.5 Å². The Labute approximate surface area is 180 Å². The van der Waals surface area contributed by atoms with Crippen LogP contribution in [0.15, 0.2) is 41.7 Å². The van der Waals surface area contributed by atoms with Gasteiger partial charge in [-0.05, 0) is 38.8 Å². The lowest BCUT2D eigenvalue weighted by Gasteiger charge is -2.34. The van der Waals surface area contributed by atoms with Gasteiger partial charge in [-0.2, -0.15) is 5.10 Å². The van der Waals surface area contributed by atoms with E-state index in [2.05, 4.69) is 67.3 Å². The van der Waals surface area contributed by atoms with Crippen LogP contribution in [0.1, 0.15) is 50.5 Å². The van der Waals surface area contributed by atoms with Crippen molar-refractivity contribution in [2.75, 3.05) is 26.2 Å². The molecule has 1 N–H and O–H groups in total. The monoisotopic (exact) mass is 413 g/mol. The molecule has 7 nitrogen and oxygen atoms in total. The molecule has 3 rings (SSSR count). The number of ether oxygens (including phenoxy) is 2. The zero-order chi connectivity index (χ0) is 21.6. The fourth-order valence-electron chi connectivity index (χ4n) is 3.36. The van der Waals surface area contributed by atoms with Crippen molar-refractivity contribution in [2.24, 2.45) is 12.0 Å². The lowest BCUT2D eigenvalue weighted by molar-refractivity contribution is -0.0149. The van der Waals surface area contributed by atoms with Gasteiger partial charge in [-0.15, -0.1) is 0 Å². The molecular weight excluding hydrogens is 378 g/mol. The Morgan fingerprint density at radius 3 is 2.83 bits per heavy atom. The summed E-state index contributed by atoms with van der Waals surface area (Å²) in [5.74, 6) is 0.922. The number of rotatable bonds is 6. The second-order valence-corrected chi connectivity index (χ2v) is 8.64. The number of aliphatic imine (C=N–C) groups is 1. The summed E-state index contributed by atoms with van der Waals surface area (Å²) in [5, 5.41) is 7.71. The molecule has 0 saturated carbocycles. The molecule has 1 saturated heterocycles. The summed E-state index contributed by atoms with van der Waals surface area (Å²) in [6, 6.07) is 8.47. The van der Waals surface area contributed by atoms with Crippen LogP contribution in [0.2, 0.25) is 0 Å². The topological polar surface area (TPSA) is 63.9 Å². The van der Waals surface area contributed by atoms with Gasteiger partial charge in [0.2, 0.25) is 0 Å². The van der Waals surface area contributed by atoms with E-state index in [1.807, 2.05) is 24.1 Å². The largest absolute Gasteiger partial charge is 0.371 e. The summed E-state index contributed by atoms with van der Waals surface area (Å²) in [6.07, 6.45) is 3.90. The summed E-state index contributed by atoms with van der Waals surface area (Å²) in [7, 11) is 1.93. The number of nitrogens with zero attached hydrogens (tertiary/aromatic N) is 4. The minimum atomic E-state index is -0.145. The van der Waals surface area contributed by atoms with Gasteiger partial charge in [0.15, 0.2) is 5.96 Å². The average Bonchev–Trinajstić information content (AvgIpc) is 3.16. The van der Waals surface area contributed by atoms with Gasteiger partial charge in [-0.3, -0.25) is 4.68 Å². The van der Waals surface area contributed by atoms with Gasteiger partial charge in [0.1, 0.15) is 6.10 Å². The first kappa shape index (κ1) is 22.3. The zero-order valence-electron chi connectivity index (χ0n) is 18.9. The third-order valence-electron chi connectivity index (χ3n) is 4.87. The summed E-state index contributed by atoms with van der Waals surface area (Å²) in [6.45, 7) is 12.6. The van der Waals surface area contributed by atoms with Crippen molar-refractivity contribution >= 4 is 5.96 Å². The molecule has 0 bridgehead atoms. The number of nitrogens with one attached hydrogen (secondary N) is 1. The maximum Gasteiger partial charge on any atom is 0.194 e. The van der Waals surface area contributed by atoms with Crippen molar-refractivity contribution < 1.29 is 9.47 Å². The molecule has 30 heavy (non-hydrogen) atoms. The Balaban J connectivity index is 1.67. The van der Waals surface area contributed by atoms with Gasteiger partial charge in [-0.25, -0.2) is 4.99 Å². The van der Waals surface area contributed by atoms with Crippen LogP contribution in [0.3, 0.4) is 0 Å². The fourth-order valence-corrected chi connectivity index (χ4v) is 3.36. The first-order chi connectivity index (χ1) is 14.3. The molecule has 1 atom stereocenters. The van der Waals surface area contributed by atoms with E-state index in [0.717, 1.165) is 31.2 Å². The molecule has 2 aromatic rings. The zero-order valence-corrected chi connectivity index (χ0v) is 18.9. The number of aryl methyl sites for hydroxylation is 1. The third kappa shape index (κ3) is 6.57. The molecule has 1 fully saturated rings. The summed E-state index contributed by atoms with van der Waals surface area (Å²) in [4.78, 5) is 7.18. The molecule has 7 heteroatoms. The van der Waals surface area contributed by atoms with E-state index in [-0.39, 0.29) is 11.7 Å². The molecule has 1 unspecified atom stereocenters. The average molecular weight is 414 g/mol.